The maximum atomic E-state index is 13.4. The van der Waals surface area contributed by atoms with Gasteiger partial charge in [-0.3, -0.25) is 4.79 Å². The van der Waals surface area contributed by atoms with E-state index in [9.17, 15) is 26.7 Å². The van der Waals surface area contributed by atoms with Crippen LogP contribution in [0.25, 0.3) is 0 Å². The number of amides is 1. The summed E-state index contributed by atoms with van der Waals surface area (Å²) < 4.78 is 70.9. The first-order valence-electron chi connectivity index (χ1n) is 6.32. The number of hydrogen-bond acceptors (Lipinski definition) is 2. The lowest BCUT2D eigenvalue weighted by Crippen LogP contribution is -2.23. The molecule has 2 rings (SSSR count). The summed E-state index contributed by atoms with van der Waals surface area (Å²) in [5.74, 6) is -11.5. The van der Waals surface area contributed by atoms with Gasteiger partial charge in [-0.15, -0.1) is 0 Å². The lowest BCUT2D eigenvalue weighted by molar-refractivity contribution is -0.118. The van der Waals surface area contributed by atoms with Crippen LogP contribution in [0.5, 0.6) is 5.75 Å². The van der Waals surface area contributed by atoms with Gasteiger partial charge in [-0.2, -0.15) is 0 Å². The summed E-state index contributed by atoms with van der Waals surface area (Å²) in [7, 11) is 0. The van der Waals surface area contributed by atoms with Crippen LogP contribution in [0.1, 0.15) is 5.56 Å². The highest BCUT2D eigenvalue weighted by molar-refractivity contribution is 5.92. The summed E-state index contributed by atoms with van der Waals surface area (Å²) >= 11 is 0. The zero-order chi connectivity index (χ0) is 17.1. The molecule has 0 heterocycles. The maximum absolute atomic E-state index is 13.4. The number of carbonyl (C=O) groups is 1. The van der Waals surface area contributed by atoms with Crippen molar-refractivity contribution in [3.8, 4) is 5.75 Å². The standard InChI is InChI=1S/C15H10F5NO2/c1-7-4-2-3-5-8(7)23-6-9(22)21-15-13(19)11(17)10(16)12(18)14(15)20/h2-5H,6H2,1H3,(H,21,22). The first-order chi connectivity index (χ1) is 10.8. The Morgan fingerprint density at radius 3 is 2.04 bits per heavy atom. The quantitative estimate of drug-likeness (QED) is 0.527. The van der Waals surface area contributed by atoms with Crippen LogP contribution in [0.4, 0.5) is 27.6 Å². The number of carbonyl (C=O) groups excluding carboxylic acids is 1. The van der Waals surface area contributed by atoms with Gasteiger partial charge < -0.3 is 10.1 Å². The van der Waals surface area contributed by atoms with Crippen LogP contribution < -0.4 is 10.1 Å². The van der Waals surface area contributed by atoms with Gasteiger partial charge in [0.2, 0.25) is 5.82 Å². The summed E-state index contributed by atoms with van der Waals surface area (Å²) in [4.78, 5) is 11.6. The second-order valence-electron chi connectivity index (χ2n) is 4.55. The predicted octanol–water partition coefficient (Wildman–Crippen LogP) is 3.71. The number of aryl methyl sites for hydroxylation is 1. The van der Waals surface area contributed by atoms with Gasteiger partial charge in [0.1, 0.15) is 11.4 Å². The molecule has 8 heteroatoms. The zero-order valence-electron chi connectivity index (χ0n) is 11.7. The van der Waals surface area contributed by atoms with Crippen LogP contribution in [-0.4, -0.2) is 12.5 Å². The van der Waals surface area contributed by atoms with Crippen molar-refractivity contribution in [1.82, 2.24) is 0 Å². The van der Waals surface area contributed by atoms with Crippen molar-refractivity contribution < 1.29 is 31.5 Å². The first kappa shape index (κ1) is 16.7. The third-order valence-corrected chi connectivity index (χ3v) is 2.93. The number of para-hydroxylation sites is 1. The molecule has 0 aliphatic rings. The van der Waals surface area contributed by atoms with Crippen molar-refractivity contribution in [1.29, 1.82) is 0 Å². The van der Waals surface area contributed by atoms with Gasteiger partial charge in [-0.05, 0) is 18.6 Å². The largest absolute Gasteiger partial charge is 0.483 e. The number of hydrogen-bond donors (Lipinski definition) is 1. The van der Waals surface area contributed by atoms with Crippen LogP contribution in [0.2, 0.25) is 0 Å². The van der Waals surface area contributed by atoms with Gasteiger partial charge in [-0.25, -0.2) is 22.0 Å². The van der Waals surface area contributed by atoms with Crippen molar-refractivity contribution in [2.24, 2.45) is 0 Å². The normalized spacial score (nSPS) is 10.5. The average Bonchev–Trinajstić information content (AvgIpc) is 2.54. The summed E-state index contributed by atoms with van der Waals surface area (Å²) in [6, 6.07) is 6.64. The van der Waals surface area contributed by atoms with Gasteiger partial charge in [0.25, 0.3) is 5.91 Å². The average molecular weight is 331 g/mol. The van der Waals surface area contributed by atoms with Gasteiger partial charge in [0.05, 0.1) is 0 Å². The molecule has 0 radical (unpaired) electrons. The molecule has 0 aromatic heterocycles. The van der Waals surface area contributed by atoms with Gasteiger partial charge >= 0.3 is 0 Å². The van der Waals surface area contributed by atoms with Gasteiger partial charge in [0.15, 0.2) is 29.9 Å². The van der Waals surface area contributed by atoms with E-state index < -0.39 is 47.3 Å². The Kier molecular flexibility index (Phi) is 4.83. The van der Waals surface area contributed by atoms with Crippen LogP contribution >= 0.6 is 0 Å². The SMILES string of the molecule is Cc1ccccc1OCC(=O)Nc1c(F)c(F)c(F)c(F)c1F. The zero-order valence-corrected chi connectivity index (χ0v) is 11.7. The monoisotopic (exact) mass is 331 g/mol. The van der Waals surface area contributed by atoms with E-state index in [1.165, 1.54) is 0 Å². The Balaban J connectivity index is 2.14. The molecule has 23 heavy (non-hydrogen) atoms. The summed E-state index contributed by atoms with van der Waals surface area (Å²) in [6.45, 7) is 1.04. The molecule has 0 fully saturated rings. The molecule has 0 aliphatic carbocycles. The molecular weight excluding hydrogens is 321 g/mol. The number of rotatable bonds is 4. The topological polar surface area (TPSA) is 38.3 Å². The highest BCUT2D eigenvalue weighted by Crippen LogP contribution is 2.27. The predicted molar refractivity (Wildman–Crippen MR) is 71.5 cm³/mol. The van der Waals surface area contributed by atoms with Crippen molar-refractivity contribution in [2.45, 2.75) is 6.92 Å². The third kappa shape index (κ3) is 3.41. The maximum Gasteiger partial charge on any atom is 0.262 e. The van der Waals surface area contributed by atoms with E-state index in [0.717, 1.165) is 0 Å². The number of anilines is 1. The number of benzene rings is 2. The summed E-state index contributed by atoms with van der Waals surface area (Å²) in [5.41, 5.74) is -0.712. The van der Waals surface area contributed by atoms with Crippen LogP contribution in [-0.2, 0) is 4.79 Å². The fraction of sp³-hybridized carbons (Fsp3) is 0.133. The number of halogens is 5. The van der Waals surface area contributed by atoms with E-state index in [1.54, 1.807) is 36.5 Å². The van der Waals surface area contributed by atoms with Crippen LogP contribution in [0.15, 0.2) is 24.3 Å². The lowest BCUT2D eigenvalue weighted by atomic mass is 10.2. The Hall–Kier alpha value is -2.64. The van der Waals surface area contributed by atoms with E-state index >= 15 is 0 Å². The molecule has 0 saturated carbocycles. The van der Waals surface area contributed by atoms with E-state index in [1.807, 2.05) is 0 Å². The molecule has 0 bridgehead atoms. The second kappa shape index (κ2) is 6.64. The molecule has 0 unspecified atom stereocenters. The van der Waals surface area contributed by atoms with Gasteiger partial charge in [0, 0.05) is 0 Å². The minimum Gasteiger partial charge on any atom is -0.483 e. The minimum atomic E-state index is -2.30. The first-order valence-corrected chi connectivity index (χ1v) is 6.32. The van der Waals surface area contributed by atoms with Gasteiger partial charge in [-0.1, -0.05) is 18.2 Å². The lowest BCUT2D eigenvalue weighted by Gasteiger charge is -2.11. The molecule has 2 aromatic rings. The van der Waals surface area contributed by atoms with Crippen LogP contribution in [0, 0.1) is 36.0 Å². The highest BCUT2D eigenvalue weighted by atomic mass is 19.2. The van der Waals surface area contributed by atoms with Crippen molar-refractivity contribution in [3.63, 3.8) is 0 Å². The third-order valence-electron chi connectivity index (χ3n) is 2.93. The fourth-order valence-electron chi connectivity index (χ4n) is 1.75. The molecule has 3 nitrogen and oxygen atoms in total. The van der Waals surface area contributed by atoms with Crippen LogP contribution in [0.3, 0.4) is 0 Å². The molecule has 2 aromatic carbocycles. The fourth-order valence-corrected chi connectivity index (χ4v) is 1.75. The summed E-state index contributed by atoms with van der Waals surface area (Å²) in [6.07, 6.45) is 0. The molecule has 1 N–H and O–H groups in total. The Morgan fingerprint density at radius 1 is 0.957 bits per heavy atom. The van der Waals surface area contributed by atoms with Crippen molar-refractivity contribution >= 4 is 11.6 Å². The van der Waals surface area contributed by atoms with Crippen molar-refractivity contribution in [2.75, 3.05) is 11.9 Å². The number of nitrogens with one attached hydrogen (secondary N) is 1. The Morgan fingerprint density at radius 2 is 1.48 bits per heavy atom. The molecular formula is C15H10F5NO2. The second-order valence-corrected chi connectivity index (χ2v) is 4.55. The molecule has 0 spiro atoms. The Labute approximate surface area is 127 Å². The molecule has 0 atom stereocenters. The van der Waals surface area contributed by atoms with E-state index in [2.05, 4.69) is 0 Å². The van der Waals surface area contributed by atoms with Crippen molar-refractivity contribution in [3.05, 3.63) is 58.9 Å². The van der Waals surface area contributed by atoms with E-state index in [0.29, 0.717) is 11.3 Å². The summed E-state index contributed by atoms with van der Waals surface area (Å²) in [5, 5.41) is 1.62. The molecule has 122 valence electrons. The molecule has 1 amide bonds. The van der Waals surface area contributed by atoms with E-state index in [-0.39, 0.29) is 0 Å². The minimum absolute atomic E-state index is 0.347. The number of ether oxygens (including phenoxy) is 1. The molecule has 0 saturated heterocycles. The Bertz CT molecular complexity index is 735. The molecule has 0 aliphatic heterocycles. The highest BCUT2D eigenvalue weighted by Gasteiger charge is 2.26. The van der Waals surface area contributed by atoms with E-state index in [4.69, 9.17) is 4.74 Å². The smallest absolute Gasteiger partial charge is 0.262 e.